The van der Waals surface area contributed by atoms with E-state index >= 15 is 0 Å². The number of morpholine rings is 1. The smallest absolute Gasteiger partial charge is 0.197 e. The van der Waals surface area contributed by atoms with E-state index in [1.54, 1.807) is 0 Å². The molecule has 126 valence electrons. The molecule has 0 aliphatic carbocycles. The molecule has 2 fully saturated rings. The minimum absolute atomic E-state index is 0. The highest BCUT2D eigenvalue weighted by molar-refractivity contribution is 14.0. The summed E-state index contributed by atoms with van der Waals surface area (Å²) in [7, 11) is 0. The van der Waals surface area contributed by atoms with Gasteiger partial charge in [-0.05, 0) is 5.56 Å². The van der Waals surface area contributed by atoms with Crippen LogP contribution < -0.4 is 0 Å². The maximum absolute atomic E-state index is 5.65. The van der Waals surface area contributed by atoms with Crippen molar-refractivity contribution < 1.29 is 4.74 Å². The minimum atomic E-state index is 0. The monoisotopic (exact) mass is 428 g/mol. The van der Waals surface area contributed by atoms with Gasteiger partial charge in [-0.15, -0.1) is 24.0 Å². The summed E-state index contributed by atoms with van der Waals surface area (Å²) in [6.45, 7) is 9.01. The van der Waals surface area contributed by atoms with Gasteiger partial charge in [0.05, 0.1) is 25.8 Å². The number of piperazine rings is 1. The van der Waals surface area contributed by atoms with Crippen molar-refractivity contribution in [3.05, 3.63) is 35.9 Å². The summed E-state index contributed by atoms with van der Waals surface area (Å²) >= 11 is 0. The maximum Gasteiger partial charge on any atom is 0.197 e. The van der Waals surface area contributed by atoms with Crippen LogP contribution in [0.25, 0.3) is 0 Å². The highest BCUT2D eigenvalue weighted by Crippen LogP contribution is 2.18. The summed E-state index contributed by atoms with van der Waals surface area (Å²) in [5, 5.41) is 0. The third-order valence-electron chi connectivity index (χ3n) is 4.84. The van der Waals surface area contributed by atoms with Crippen LogP contribution in [0.15, 0.2) is 35.3 Å². The normalized spacial score (nSPS) is 24.9. The molecular formula is C17H25IN4O. The van der Waals surface area contributed by atoms with E-state index < -0.39 is 0 Å². The third kappa shape index (κ3) is 3.80. The summed E-state index contributed by atoms with van der Waals surface area (Å²) in [4.78, 5) is 12.2. The van der Waals surface area contributed by atoms with Crippen molar-refractivity contribution in [1.29, 1.82) is 0 Å². The summed E-state index contributed by atoms with van der Waals surface area (Å²) in [6.07, 6.45) is 0. The lowest BCUT2D eigenvalue weighted by molar-refractivity contribution is -0.0341. The van der Waals surface area contributed by atoms with Crippen LogP contribution in [0.3, 0.4) is 0 Å². The average Bonchev–Trinajstić information content (AvgIpc) is 3.03. The second kappa shape index (κ2) is 7.81. The molecule has 6 heteroatoms. The molecule has 1 aromatic rings. The van der Waals surface area contributed by atoms with E-state index in [4.69, 9.17) is 9.73 Å². The molecule has 0 bridgehead atoms. The van der Waals surface area contributed by atoms with Gasteiger partial charge in [0.1, 0.15) is 0 Å². The quantitative estimate of drug-likeness (QED) is 0.669. The van der Waals surface area contributed by atoms with Crippen LogP contribution in [0.4, 0.5) is 0 Å². The van der Waals surface area contributed by atoms with Gasteiger partial charge in [-0.3, -0.25) is 9.89 Å². The van der Waals surface area contributed by atoms with Crippen LogP contribution in [0, 0.1) is 0 Å². The van der Waals surface area contributed by atoms with Crippen LogP contribution in [-0.2, 0) is 11.3 Å². The molecule has 1 atom stereocenters. The first-order valence-electron chi connectivity index (χ1n) is 8.30. The molecule has 1 aromatic carbocycles. The Kier molecular flexibility index (Phi) is 5.76. The molecule has 5 nitrogen and oxygen atoms in total. The molecular weight excluding hydrogens is 403 g/mol. The SMILES string of the molecule is I.c1ccc(CN2CCN=C2N2CCN3CCOCC3C2)cc1. The van der Waals surface area contributed by atoms with E-state index in [-0.39, 0.29) is 24.0 Å². The predicted octanol–water partition coefficient (Wildman–Crippen LogP) is 1.49. The number of halogens is 1. The number of benzene rings is 1. The minimum Gasteiger partial charge on any atom is -0.378 e. The largest absolute Gasteiger partial charge is 0.378 e. The second-order valence-corrected chi connectivity index (χ2v) is 6.30. The van der Waals surface area contributed by atoms with Crippen molar-refractivity contribution in [2.45, 2.75) is 12.6 Å². The number of hydrogen-bond acceptors (Lipinski definition) is 5. The van der Waals surface area contributed by atoms with Gasteiger partial charge in [0.15, 0.2) is 5.96 Å². The lowest BCUT2D eigenvalue weighted by Gasteiger charge is -2.45. The predicted molar refractivity (Wildman–Crippen MR) is 102 cm³/mol. The van der Waals surface area contributed by atoms with Crippen LogP contribution in [0.5, 0.6) is 0 Å². The lowest BCUT2D eigenvalue weighted by Crippen LogP contribution is -2.60. The molecule has 3 heterocycles. The first kappa shape index (κ1) is 17.0. The Balaban J connectivity index is 0.00000156. The Hall–Kier alpha value is -0.860. The summed E-state index contributed by atoms with van der Waals surface area (Å²) in [5.74, 6) is 1.19. The van der Waals surface area contributed by atoms with Crippen LogP contribution in [0.2, 0.25) is 0 Å². The van der Waals surface area contributed by atoms with Gasteiger partial charge in [0.25, 0.3) is 0 Å². The fourth-order valence-electron chi connectivity index (χ4n) is 3.65. The molecule has 1 unspecified atom stereocenters. The van der Waals surface area contributed by atoms with Crippen molar-refractivity contribution in [2.75, 3.05) is 52.5 Å². The van der Waals surface area contributed by atoms with Gasteiger partial charge in [0, 0.05) is 39.3 Å². The van der Waals surface area contributed by atoms with Gasteiger partial charge >= 0.3 is 0 Å². The van der Waals surface area contributed by atoms with Gasteiger partial charge in [-0.1, -0.05) is 30.3 Å². The molecule has 0 N–H and O–H groups in total. The Morgan fingerprint density at radius 2 is 1.96 bits per heavy atom. The summed E-state index contributed by atoms with van der Waals surface area (Å²) in [6, 6.07) is 11.2. The fraction of sp³-hybridized carbons (Fsp3) is 0.588. The van der Waals surface area contributed by atoms with E-state index in [1.807, 2.05) is 0 Å². The van der Waals surface area contributed by atoms with E-state index in [0.29, 0.717) is 6.04 Å². The standard InChI is InChI=1S/C17H24N4O.HI/c1-2-4-15(5-3-1)12-20-7-6-18-17(20)21-9-8-19-10-11-22-14-16(19)13-21;/h1-5,16H,6-14H2;1H. The molecule has 4 rings (SSSR count). The van der Waals surface area contributed by atoms with Crippen molar-refractivity contribution in [3.63, 3.8) is 0 Å². The van der Waals surface area contributed by atoms with E-state index in [9.17, 15) is 0 Å². The molecule has 3 aliphatic rings. The Labute approximate surface area is 155 Å². The van der Waals surface area contributed by atoms with Crippen molar-refractivity contribution >= 4 is 29.9 Å². The molecule has 0 saturated carbocycles. The molecule has 0 amide bonds. The van der Waals surface area contributed by atoms with E-state index in [0.717, 1.165) is 59.0 Å². The Morgan fingerprint density at radius 1 is 1.09 bits per heavy atom. The Bertz CT molecular complexity index is 539. The van der Waals surface area contributed by atoms with Gasteiger partial charge in [-0.25, -0.2) is 0 Å². The number of nitrogens with zero attached hydrogens (tertiary/aromatic N) is 4. The van der Waals surface area contributed by atoms with E-state index in [1.165, 1.54) is 11.5 Å². The highest BCUT2D eigenvalue weighted by Gasteiger charge is 2.33. The van der Waals surface area contributed by atoms with Crippen molar-refractivity contribution in [1.82, 2.24) is 14.7 Å². The topological polar surface area (TPSA) is 31.3 Å². The van der Waals surface area contributed by atoms with E-state index in [2.05, 4.69) is 45.0 Å². The molecule has 23 heavy (non-hydrogen) atoms. The molecule has 0 spiro atoms. The molecule has 0 aromatic heterocycles. The van der Waals surface area contributed by atoms with Gasteiger partial charge in [-0.2, -0.15) is 0 Å². The third-order valence-corrected chi connectivity index (χ3v) is 4.84. The maximum atomic E-state index is 5.65. The molecule has 2 saturated heterocycles. The lowest BCUT2D eigenvalue weighted by atomic mass is 10.1. The number of hydrogen-bond donors (Lipinski definition) is 0. The summed E-state index contributed by atoms with van der Waals surface area (Å²) in [5.41, 5.74) is 1.36. The highest BCUT2D eigenvalue weighted by atomic mass is 127. The van der Waals surface area contributed by atoms with Gasteiger partial charge < -0.3 is 14.5 Å². The zero-order valence-electron chi connectivity index (χ0n) is 13.4. The number of ether oxygens (including phenoxy) is 1. The summed E-state index contributed by atoms with van der Waals surface area (Å²) < 4.78 is 5.65. The van der Waals surface area contributed by atoms with Gasteiger partial charge in [0.2, 0.25) is 0 Å². The number of aliphatic imine (C=N–C) groups is 1. The van der Waals surface area contributed by atoms with Crippen LogP contribution in [0.1, 0.15) is 5.56 Å². The van der Waals surface area contributed by atoms with Crippen LogP contribution >= 0.6 is 24.0 Å². The van der Waals surface area contributed by atoms with Crippen LogP contribution in [-0.4, -0.2) is 79.2 Å². The average molecular weight is 428 g/mol. The zero-order chi connectivity index (χ0) is 14.8. The number of guanidine groups is 1. The van der Waals surface area contributed by atoms with Crippen molar-refractivity contribution in [3.8, 4) is 0 Å². The number of rotatable bonds is 2. The first-order chi connectivity index (χ1) is 10.9. The number of fused-ring (bicyclic) bond motifs is 1. The van der Waals surface area contributed by atoms with Crippen molar-refractivity contribution in [2.24, 2.45) is 4.99 Å². The first-order valence-corrected chi connectivity index (χ1v) is 8.30. The zero-order valence-corrected chi connectivity index (χ0v) is 15.8. The molecule has 3 aliphatic heterocycles. The fourth-order valence-corrected chi connectivity index (χ4v) is 3.65. The Morgan fingerprint density at radius 3 is 2.83 bits per heavy atom. The second-order valence-electron chi connectivity index (χ2n) is 6.30. The molecule has 0 radical (unpaired) electrons.